The van der Waals surface area contributed by atoms with Gasteiger partial charge in [-0.3, -0.25) is 10.4 Å². The van der Waals surface area contributed by atoms with Crippen molar-refractivity contribution in [1.82, 2.24) is 9.97 Å². The third kappa shape index (κ3) is 3.52. The summed E-state index contributed by atoms with van der Waals surface area (Å²) in [7, 11) is 0. The average molecular weight is 365 g/mol. The highest BCUT2D eigenvalue weighted by atomic mass is 35.5. The monoisotopic (exact) mass is 364 g/mol. The summed E-state index contributed by atoms with van der Waals surface area (Å²) < 4.78 is 0. The van der Waals surface area contributed by atoms with E-state index in [0.717, 1.165) is 32.9 Å². The maximum absolute atomic E-state index is 6.21. The number of benzene rings is 2. The van der Waals surface area contributed by atoms with Crippen LogP contribution in [0.5, 0.6) is 0 Å². The van der Waals surface area contributed by atoms with Crippen LogP contribution < -0.4 is 5.43 Å². The first-order valence-corrected chi connectivity index (χ1v) is 8.90. The SMILES string of the molecule is Clc1ccnc2ccc(C=NNc3nc(-c4ccccc4)cs3)cc12. The van der Waals surface area contributed by atoms with Crippen LogP contribution in [0.4, 0.5) is 5.13 Å². The lowest BCUT2D eigenvalue weighted by molar-refractivity contribution is 1.29. The molecule has 0 bridgehead atoms. The van der Waals surface area contributed by atoms with E-state index < -0.39 is 0 Å². The van der Waals surface area contributed by atoms with Gasteiger partial charge < -0.3 is 0 Å². The molecule has 1 N–H and O–H groups in total. The van der Waals surface area contributed by atoms with Gasteiger partial charge in [-0.1, -0.05) is 48.0 Å². The lowest BCUT2D eigenvalue weighted by Gasteiger charge is -2.00. The number of nitrogens with one attached hydrogen (secondary N) is 1. The maximum Gasteiger partial charge on any atom is 0.203 e. The van der Waals surface area contributed by atoms with Gasteiger partial charge in [0.1, 0.15) is 0 Å². The lowest BCUT2D eigenvalue weighted by Crippen LogP contribution is -1.91. The topological polar surface area (TPSA) is 50.2 Å². The molecule has 0 fully saturated rings. The largest absolute Gasteiger partial charge is 0.256 e. The molecular formula is C19H13ClN4S. The summed E-state index contributed by atoms with van der Waals surface area (Å²) in [5.41, 5.74) is 6.81. The Labute approximate surface area is 153 Å². The van der Waals surface area contributed by atoms with Gasteiger partial charge in [0.25, 0.3) is 0 Å². The highest BCUT2D eigenvalue weighted by Crippen LogP contribution is 2.25. The zero-order valence-corrected chi connectivity index (χ0v) is 14.6. The van der Waals surface area contributed by atoms with Crippen molar-refractivity contribution in [3.05, 3.63) is 76.8 Å². The minimum absolute atomic E-state index is 0.681. The number of nitrogens with zero attached hydrogens (tertiary/aromatic N) is 3. The first-order chi connectivity index (χ1) is 12.3. The highest BCUT2D eigenvalue weighted by Gasteiger charge is 2.03. The Morgan fingerprint density at radius 1 is 1.08 bits per heavy atom. The minimum Gasteiger partial charge on any atom is -0.256 e. The first-order valence-electron chi connectivity index (χ1n) is 7.64. The molecule has 4 rings (SSSR count). The molecule has 122 valence electrons. The van der Waals surface area contributed by atoms with Gasteiger partial charge in [0.05, 0.1) is 22.4 Å². The van der Waals surface area contributed by atoms with E-state index >= 15 is 0 Å². The van der Waals surface area contributed by atoms with Crippen LogP contribution in [0.3, 0.4) is 0 Å². The quantitative estimate of drug-likeness (QED) is 0.386. The zero-order valence-electron chi connectivity index (χ0n) is 13.1. The van der Waals surface area contributed by atoms with Crippen LogP contribution >= 0.6 is 22.9 Å². The van der Waals surface area contributed by atoms with Crippen molar-refractivity contribution >= 4 is 45.2 Å². The fourth-order valence-electron chi connectivity index (χ4n) is 2.44. The third-order valence-corrected chi connectivity index (χ3v) is 4.74. The number of hydrogen-bond acceptors (Lipinski definition) is 5. The van der Waals surface area contributed by atoms with Gasteiger partial charge in [-0.25, -0.2) is 4.98 Å². The smallest absolute Gasteiger partial charge is 0.203 e. The van der Waals surface area contributed by atoms with Crippen LogP contribution in [-0.4, -0.2) is 16.2 Å². The summed E-state index contributed by atoms with van der Waals surface area (Å²) in [4.78, 5) is 8.83. The second kappa shape index (κ2) is 7.01. The molecule has 4 aromatic rings. The number of fused-ring (bicyclic) bond motifs is 1. The van der Waals surface area contributed by atoms with Gasteiger partial charge in [-0.15, -0.1) is 11.3 Å². The number of pyridine rings is 1. The molecule has 0 aliphatic carbocycles. The molecule has 2 heterocycles. The van der Waals surface area contributed by atoms with Crippen molar-refractivity contribution in [1.29, 1.82) is 0 Å². The number of thiazole rings is 1. The van der Waals surface area contributed by atoms with Crippen molar-refractivity contribution in [2.24, 2.45) is 5.10 Å². The molecule has 0 spiro atoms. The van der Waals surface area contributed by atoms with Crippen LogP contribution in [0.15, 0.2) is 71.3 Å². The Bertz CT molecular complexity index is 1040. The molecule has 25 heavy (non-hydrogen) atoms. The molecule has 0 saturated carbocycles. The highest BCUT2D eigenvalue weighted by molar-refractivity contribution is 7.14. The van der Waals surface area contributed by atoms with Crippen molar-refractivity contribution in [3.8, 4) is 11.3 Å². The second-order valence-corrected chi connectivity index (χ2v) is 6.61. The molecule has 6 heteroatoms. The van der Waals surface area contributed by atoms with Gasteiger partial charge >= 0.3 is 0 Å². The number of anilines is 1. The number of hydrazone groups is 1. The fourth-order valence-corrected chi connectivity index (χ4v) is 3.32. The number of rotatable bonds is 4. The summed E-state index contributed by atoms with van der Waals surface area (Å²) in [6.45, 7) is 0. The first kappa shape index (κ1) is 15.7. The Morgan fingerprint density at radius 2 is 1.96 bits per heavy atom. The molecule has 0 aliphatic rings. The summed E-state index contributed by atoms with van der Waals surface area (Å²) in [5.74, 6) is 0. The summed E-state index contributed by atoms with van der Waals surface area (Å²) in [6, 6.07) is 17.7. The van der Waals surface area contributed by atoms with Gasteiger partial charge in [-0.2, -0.15) is 5.10 Å². The molecular weight excluding hydrogens is 352 g/mol. The van der Waals surface area contributed by atoms with Gasteiger partial charge in [0.15, 0.2) is 0 Å². The molecule has 2 aromatic carbocycles. The molecule has 2 aromatic heterocycles. The summed E-state index contributed by atoms with van der Waals surface area (Å²) in [6.07, 6.45) is 3.44. The van der Waals surface area contributed by atoms with Crippen LogP contribution in [-0.2, 0) is 0 Å². The molecule has 0 unspecified atom stereocenters. The van der Waals surface area contributed by atoms with E-state index in [9.17, 15) is 0 Å². The Balaban J connectivity index is 1.50. The minimum atomic E-state index is 0.681. The summed E-state index contributed by atoms with van der Waals surface area (Å²) >= 11 is 7.73. The van der Waals surface area contributed by atoms with Crippen LogP contribution in [0.1, 0.15) is 5.56 Å². The van der Waals surface area contributed by atoms with E-state index in [0.29, 0.717) is 5.02 Å². The average Bonchev–Trinajstić information content (AvgIpc) is 3.12. The van der Waals surface area contributed by atoms with E-state index in [1.54, 1.807) is 18.5 Å². The summed E-state index contributed by atoms with van der Waals surface area (Å²) in [5, 5.41) is 8.61. The molecule has 0 atom stereocenters. The van der Waals surface area contributed by atoms with Crippen molar-refractivity contribution in [2.75, 3.05) is 5.43 Å². The van der Waals surface area contributed by atoms with Crippen molar-refractivity contribution < 1.29 is 0 Å². The number of hydrogen-bond donors (Lipinski definition) is 1. The molecule has 0 saturated heterocycles. The zero-order chi connectivity index (χ0) is 17.1. The maximum atomic E-state index is 6.21. The molecule has 4 nitrogen and oxygen atoms in total. The Kier molecular flexibility index (Phi) is 4.41. The van der Waals surface area contributed by atoms with Crippen molar-refractivity contribution in [2.45, 2.75) is 0 Å². The predicted molar refractivity (Wildman–Crippen MR) is 106 cm³/mol. The number of aromatic nitrogens is 2. The van der Waals surface area contributed by atoms with Gasteiger partial charge in [0, 0.05) is 22.5 Å². The van der Waals surface area contributed by atoms with E-state index in [1.807, 2.05) is 53.9 Å². The van der Waals surface area contributed by atoms with E-state index in [-0.39, 0.29) is 0 Å². The van der Waals surface area contributed by atoms with E-state index in [2.05, 4.69) is 20.5 Å². The van der Waals surface area contributed by atoms with Gasteiger partial charge in [0.2, 0.25) is 5.13 Å². The van der Waals surface area contributed by atoms with E-state index in [1.165, 1.54) is 11.3 Å². The normalized spacial score (nSPS) is 11.2. The fraction of sp³-hybridized carbons (Fsp3) is 0. The lowest BCUT2D eigenvalue weighted by atomic mass is 10.1. The van der Waals surface area contributed by atoms with Crippen molar-refractivity contribution in [3.63, 3.8) is 0 Å². The van der Waals surface area contributed by atoms with E-state index in [4.69, 9.17) is 11.6 Å². The Hall–Kier alpha value is -2.76. The van der Waals surface area contributed by atoms with Crippen LogP contribution in [0.25, 0.3) is 22.2 Å². The molecule has 0 aliphatic heterocycles. The predicted octanol–water partition coefficient (Wildman–Crippen LogP) is 5.46. The molecule has 0 amide bonds. The van der Waals surface area contributed by atoms with Gasteiger partial charge in [-0.05, 0) is 23.8 Å². The third-order valence-electron chi connectivity index (χ3n) is 3.66. The number of halogens is 1. The molecule has 0 radical (unpaired) electrons. The standard InChI is InChI=1S/C19H13ClN4S/c20-16-8-9-21-17-7-6-13(10-15(16)17)11-22-24-19-23-18(12-25-19)14-4-2-1-3-5-14/h1-12H,(H,23,24). The Morgan fingerprint density at radius 3 is 2.84 bits per heavy atom. The van der Waals surface area contributed by atoms with Crippen LogP contribution in [0, 0.1) is 0 Å². The second-order valence-electron chi connectivity index (χ2n) is 5.34. The van der Waals surface area contributed by atoms with Crippen LogP contribution in [0.2, 0.25) is 5.02 Å².